The van der Waals surface area contributed by atoms with Crippen molar-refractivity contribution >= 4 is 17.0 Å². The van der Waals surface area contributed by atoms with E-state index in [4.69, 9.17) is 6.57 Å². The molecule has 0 amide bonds. The van der Waals surface area contributed by atoms with E-state index in [0.29, 0.717) is 29.1 Å². The first kappa shape index (κ1) is 19.5. The molecular weight excluding hydrogens is 391 g/mol. The molecule has 0 aliphatic rings. The highest BCUT2D eigenvalue weighted by atomic mass is 19.4. The maximum Gasteiger partial charge on any atom is 0.416 e. The number of halogens is 3. The first-order chi connectivity index (χ1) is 14.3. The van der Waals surface area contributed by atoms with Crippen LogP contribution in [0, 0.1) is 6.57 Å². The van der Waals surface area contributed by atoms with E-state index in [1.54, 1.807) is 24.5 Å². The molecule has 2 aromatic carbocycles. The van der Waals surface area contributed by atoms with E-state index in [1.807, 2.05) is 34.7 Å². The molecule has 0 aliphatic heterocycles. The van der Waals surface area contributed by atoms with Gasteiger partial charge in [-0.05, 0) is 24.3 Å². The molecule has 0 radical (unpaired) electrons. The number of hydrogen-bond acceptors (Lipinski definition) is 3. The van der Waals surface area contributed by atoms with Gasteiger partial charge in [-0.1, -0.05) is 24.3 Å². The molecule has 0 atom stereocenters. The topological polar surface area (TPSA) is 37.8 Å². The molecule has 150 valence electrons. The first-order valence-electron chi connectivity index (χ1n) is 9.03. The zero-order valence-electron chi connectivity index (χ0n) is 15.9. The highest BCUT2D eigenvalue weighted by molar-refractivity contribution is 5.64. The van der Waals surface area contributed by atoms with Gasteiger partial charge < -0.3 is 4.90 Å². The second-order valence-corrected chi connectivity index (χ2v) is 6.81. The molecule has 0 unspecified atom stereocenters. The number of nitrogens with zero attached hydrogens (tertiary/aromatic N) is 5. The third-order valence-corrected chi connectivity index (χ3v) is 4.78. The highest BCUT2D eigenvalue weighted by Gasteiger charge is 2.30. The number of aromatic nitrogens is 3. The Labute approximate surface area is 170 Å². The van der Waals surface area contributed by atoms with E-state index < -0.39 is 11.7 Å². The number of benzene rings is 2. The van der Waals surface area contributed by atoms with Crippen molar-refractivity contribution in [1.82, 2.24) is 14.4 Å². The molecule has 4 rings (SSSR count). The van der Waals surface area contributed by atoms with Gasteiger partial charge in [-0.3, -0.25) is 9.38 Å². The van der Waals surface area contributed by atoms with Gasteiger partial charge in [0.05, 0.1) is 42.5 Å². The summed E-state index contributed by atoms with van der Waals surface area (Å²) in [5.74, 6) is 0. The Morgan fingerprint density at radius 1 is 1.00 bits per heavy atom. The fourth-order valence-corrected chi connectivity index (χ4v) is 3.17. The van der Waals surface area contributed by atoms with Gasteiger partial charge in [0, 0.05) is 24.5 Å². The zero-order chi connectivity index (χ0) is 21.3. The Kier molecular flexibility index (Phi) is 4.88. The lowest BCUT2D eigenvalue weighted by atomic mass is 10.1. The molecule has 0 spiro atoms. The van der Waals surface area contributed by atoms with Crippen molar-refractivity contribution in [3.05, 3.63) is 89.8 Å². The smallest absolute Gasteiger partial charge is 0.369 e. The molecule has 0 saturated carbocycles. The fraction of sp³-hybridized carbons (Fsp3) is 0.136. The Morgan fingerprint density at radius 2 is 1.70 bits per heavy atom. The quantitative estimate of drug-likeness (QED) is 0.413. The van der Waals surface area contributed by atoms with E-state index in [0.717, 1.165) is 23.5 Å². The van der Waals surface area contributed by atoms with E-state index in [-0.39, 0.29) is 0 Å². The Bertz CT molecular complexity index is 1220. The third kappa shape index (κ3) is 3.82. The van der Waals surface area contributed by atoms with Crippen LogP contribution < -0.4 is 4.90 Å². The SMILES string of the molecule is [C-]#[N+]c1ccc(N(C)Cc2cn3c(-c4ccc(C(F)(F)F)cc4)cnc3cn2)cc1. The average molecular weight is 407 g/mol. The second-order valence-electron chi connectivity index (χ2n) is 6.81. The summed E-state index contributed by atoms with van der Waals surface area (Å²) < 4.78 is 40.3. The van der Waals surface area contributed by atoms with Gasteiger partial charge in [0.1, 0.15) is 0 Å². The van der Waals surface area contributed by atoms with Gasteiger partial charge in [-0.25, -0.2) is 9.83 Å². The number of imidazole rings is 1. The average Bonchev–Trinajstić information content (AvgIpc) is 3.16. The molecule has 4 aromatic rings. The van der Waals surface area contributed by atoms with Crippen molar-refractivity contribution in [2.24, 2.45) is 0 Å². The predicted molar refractivity (Wildman–Crippen MR) is 108 cm³/mol. The molecular formula is C22H16F3N5. The van der Waals surface area contributed by atoms with Gasteiger partial charge in [0.2, 0.25) is 0 Å². The van der Waals surface area contributed by atoms with Crippen LogP contribution >= 0.6 is 0 Å². The Hall–Kier alpha value is -3.86. The maximum absolute atomic E-state index is 12.8. The van der Waals surface area contributed by atoms with Crippen molar-refractivity contribution in [3.8, 4) is 11.3 Å². The minimum Gasteiger partial charge on any atom is -0.369 e. The zero-order valence-corrected chi connectivity index (χ0v) is 15.9. The molecule has 0 N–H and O–H groups in total. The minimum atomic E-state index is -4.37. The van der Waals surface area contributed by atoms with Gasteiger partial charge in [0.25, 0.3) is 0 Å². The predicted octanol–water partition coefficient (Wildman–Crippen LogP) is 5.60. The van der Waals surface area contributed by atoms with Crippen molar-refractivity contribution in [2.75, 3.05) is 11.9 Å². The van der Waals surface area contributed by atoms with Crippen LogP contribution in [0.4, 0.5) is 24.5 Å². The molecule has 5 nitrogen and oxygen atoms in total. The van der Waals surface area contributed by atoms with Gasteiger partial charge in [0.15, 0.2) is 11.3 Å². The van der Waals surface area contributed by atoms with Crippen molar-refractivity contribution < 1.29 is 13.2 Å². The highest BCUT2D eigenvalue weighted by Crippen LogP contribution is 2.31. The van der Waals surface area contributed by atoms with Crippen LogP contribution in [0.1, 0.15) is 11.3 Å². The lowest BCUT2D eigenvalue weighted by Gasteiger charge is -2.19. The lowest BCUT2D eigenvalue weighted by molar-refractivity contribution is -0.137. The lowest BCUT2D eigenvalue weighted by Crippen LogP contribution is -2.17. The number of hydrogen-bond donors (Lipinski definition) is 0. The summed E-state index contributed by atoms with van der Waals surface area (Å²) in [6.07, 6.45) is 0.723. The van der Waals surface area contributed by atoms with E-state index >= 15 is 0 Å². The summed E-state index contributed by atoms with van der Waals surface area (Å²) in [5, 5.41) is 0. The number of rotatable bonds is 4. The summed E-state index contributed by atoms with van der Waals surface area (Å²) in [6.45, 7) is 7.54. The number of alkyl halides is 3. The molecule has 2 aromatic heterocycles. The van der Waals surface area contributed by atoms with Gasteiger partial charge in [-0.15, -0.1) is 0 Å². The van der Waals surface area contributed by atoms with Crippen LogP contribution in [-0.2, 0) is 12.7 Å². The summed E-state index contributed by atoms with van der Waals surface area (Å²) >= 11 is 0. The summed E-state index contributed by atoms with van der Waals surface area (Å²) in [7, 11) is 1.92. The summed E-state index contributed by atoms with van der Waals surface area (Å²) in [5.41, 5.74) is 3.53. The fourth-order valence-electron chi connectivity index (χ4n) is 3.17. The van der Waals surface area contributed by atoms with Crippen LogP contribution in [0.3, 0.4) is 0 Å². The van der Waals surface area contributed by atoms with Crippen LogP contribution in [0.2, 0.25) is 0 Å². The molecule has 0 aliphatic carbocycles. The van der Waals surface area contributed by atoms with Crippen LogP contribution in [0.5, 0.6) is 0 Å². The molecule has 0 saturated heterocycles. The largest absolute Gasteiger partial charge is 0.416 e. The summed E-state index contributed by atoms with van der Waals surface area (Å²) in [4.78, 5) is 14.1. The molecule has 0 bridgehead atoms. The van der Waals surface area contributed by atoms with Gasteiger partial charge in [-0.2, -0.15) is 13.2 Å². The Balaban J connectivity index is 1.62. The number of anilines is 1. The second kappa shape index (κ2) is 7.52. The monoisotopic (exact) mass is 407 g/mol. The van der Waals surface area contributed by atoms with Crippen molar-refractivity contribution in [2.45, 2.75) is 12.7 Å². The summed E-state index contributed by atoms with van der Waals surface area (Å²) in [6, 6.07) is 12.3. The third-order valence-electron chi connectivity index (χ3n) is 4.78. The van der Waals surface area contributed by atoms with E-state index in [9.17, 15) is 13.2 Å². The molecule has 8 heteroatoms. The van der Waals surface area contributed by atoms with E-state index in [1.165, 1.54) is 12.1 Å². The van der Waals surface area contributed by atoms with Crippen LogP contribution in [0.25, 0.3) is 21.7 Å². The van der Waals surface area contributed by atoms with Crippen molar-refractivity contribution in [3.63, 3.8) is 0 Å². The van der Waals surface area contributed by atoms with Crippen LogP contribution in [-0.4, -0.2) is 21.4 Å². The van der Waals surface area contributed by atoms with E-state index in [2.05, 4.69) is 14.8 Å². The maximum atomic E-state index is 12.8. The first-order valence-corrected chi connectivity index (χ1v) is 9.03. The molecule has 2 heterocycles. The van der Waals surface area contributed by atoms with Gasteiger partial charge >= 0.3 is 6.18 Å². The normalized spacial score (nSPS) is 11.4. The minimum absolute atomic E-state index is 0.512. The Morgan fingerprint density at radius 3 is 2.33 bits per heavy atom. The molecule has 30 heavy (non-hydrogen) atoms. The number of fused-ring (bicyclic) bond motifs is 1. The standard InChI is InChI=1S/C22H16F3N5/c1-26-17-7-9-19(10-8-17)29(2)13-18-14-30-20(11-28-21(30)12-27-18)15-3-5-16(6-4-15)22(23,24)25/h3-12,14H,13H2,2H3. The van der Waals surface area contributed by atoms with Crippen LogP contribution in [0.15, 0.2) is 67.1 Å². The van der Waals surface area contributed by atoms with Crippen molar-refractivity contribution in [1.29, 1.82) is 0 Å². The molecule has 0 fully saturated rings.